The number of rotatable bonds is 3. The minimum Gasteiger partial charge on any atom is -0.378 e. The molecule has 0 atom stereocenters. The summed E-state index contributed by atoms with van der Waals surface area (Å²) in [6.07, 6.45) is 1.81. The van der Waals surface area contributed by atoms with Crippen molar-refractivity contribution >= 4 is 11.9 Å². The van der Waals surface area contributed by atoms with Gasteiger partial charge in [0, 0.05) is 19.8 Å². The van der Waals surface area contributed by atoms with Gasteiger partial charge in [0.25, 0.3) is 0 Å². The van der Waals surface area contributed by atoms with Crippen molar-refractivity contribution in [2.75, 3.05) is 19.0 Å². The lowest BCUT2D eigenvalue weighted by atomic mass is 10.2. The quantitative estimate of drug-likeness (QED) is 0.773. The number of anilines is 1. The Morgan fingerprint density at radius 2 is 1.61 bits per heavy atom. The molecule has 1 aromatic carbocycles. The van der Waals surface area contributed by atoms with E-state index in [1.54, 1.807) is 4.68 Å². The van der Waals surface area contributed by atoms with Crippen LogP contribution >= 0.6 is 0 Å². The van der Waals surface area contributed by atoms with E-state index in [2.05, 4.69) is 32.3 Å². The second kappa shape index (κ2) is 5.00. The Morgan fingerprint density at radius 3 is 2.11 bits per heavy atom. The molecule has 0 saturated heterocycles. The average molecular weight is 243 g/mol. The average Bonchev–Trinajstić information content (AvgIpc) is 2.67. The van der Waals surface area contributed by atoms with Crippen LogP contribution in [0.25, 0.3) is 0 Å². The van der Waals surface area contributed by atoms with Crippen molar-refractivity contribution in [3.05, 3.63) is 41.5 Å². The van der Waals surface area contributed by atoms with Crippen molar-refractivity contribution in [1.82, 2.24) is 14.9 Å². The normalized spacial score (nSPS) is 11.1. The molecule has 0 unspecified atom stereocenters. The van der Waals surface area contributed by atoms with E-state index >= 15 is 0 Å². The molecule has 1 aromatic heterocycles. The Kier molecular flexibility index (Phi) is 3.41. The molecule has 5 heteroatoms. The highest BCUT2D eigenvalue weighted by molar-refractivity contribution is 5.80. The van der Waals surface area contributed by atoms with Crippen molar-refractivity contribution in [2.24, 2.45) is 5.10 Å². The maximum Gasteiger partial charge on any atom is 0.151 e. The van der Waals surface area contributed by atoms with Crippen LogP contribution in [0.15, 0.2) is 29.4 Å². The third-order valence-electron chi connectivity index (χ3n) is 2.68. The Bertz CT molecular complexity index is 532. The summed E-state index contributed by atoms with van der Waals surface area (Å²) in [4.78, 5) is 2.06. The number of benzene rings is 1. The SMILES string of the molecule is Cc1nnc(C)n1/N=C\c1ccc(N(C)C)cc1. The number of aromatic nitrogens is 3. The summed E-state index contributed by atoms with van der Waals surface area (Å²) in [6.45, 7) is 3.76. The van der Waals surface area contributed by atoms with Crippen molar-refractivity contribution in [2.45, 2.75) is 13.8 Å². The number of hydrogen-bond donors (Lipinski definition) is 0. The van der Waals surface area contributed by atoms with Gasteiger partial charge in [-0.3, -0.25) is 0 Å². The molecule has 0 aliphatic carbocycles. The molecule has 5 nitrogen and oxygen atoms in total. The van der Waals surface area contributed by atoms with Crippen LogP contribution in [0.5, 0.6) is 0 Å². The fraction of sp³-hybridized carbons (Fsp3) is 0.308. The zero-order valence-corrected chi connectivity index (χ0v) is 11.1. The predicted molar refractivity (Wildman–Crippen MR) is 73.3 cm³/mol. The first kappa shape index (κ1) is 12.3. The summed E-state index contributed by atoms with van der Waals surface area (Å²) in [6, 6.07) is 8.20. The van der Waals surface area contributed by atoms with Gasteiger partial charge in [-0.25, -0.2) is 4.68 Å². The molecule has 94 valence electrons. The summed E-state index contributed by atoms with van der Waals surface area (Å²) < 4.78 is 1.72. The van der Waals surface area contributed by atoms with E-state index in [0.717, 1.165) is 17.2 Å². The van der Waals surface area contributed by atoms with E-state index in [4.69, 9.17) is 0 Å². The smallest absolute Gasteiger partial charge is 0.151 e. The van der Waals surface area contributed by atoms with Gasteiger partial charge in [0.2, 0.25) is 0 Å². The van der Waals surface area contributed by atoms with Crippen molar-refractivity contribution < 1.29 is 0 Å². The van der Waals surface area contributed by atoms with Crippen molar-refractivity contribution in [3.63, 3.8) is 0 Å². The monoisotopic (exact) mass is 243 g/mol. The molecule has 0 N–H and O–H groups in total. The fourth-order valence-electron chi connectivity index (χ4n) is 1.61. The molecule has 18 heavy (non-hydrogen) atoms. The first-order chi connectivity index (χ1) is 8.58. The van der Waals surface area contributed by atoms with E-state index in [9.17, 15) is 0 Å². The lowest BCUT2D eigenvalue weighted by Crippen LogP contribution is -2.08. The number of aryl methyl sites for hydroxylation is 2. The summed E-state index contributed by atoms with van der Waals surface area (Å²) in [5.41, 5.74) is 2.22. The maximum absolute atomic E-state index is 4.36. The highest BCUT2D eigenvalue weighted by Gasteiger charge is 2.01. The standard InChI is InChI=1S/C13H17N5/c1-10-15-16-11(2)18(10)14-9-12-5-7-13(8-6-12)17(3)4/h5-9H,1-4H3/b14-9-. The van der Waals surface area contributed by atoms with Crippen LogP contribution in [0.3, 0.4) is 0 Å². The molecular formula is C13H17N5. The lowest BCUT2D eigenvalue weighted by Gasteiger charge is -2.11. The van der Waals surface area contributed by atoms with Gasteiger partial charge in [-0.05, 0) is 31.5 Å². The first-order valence-electron chi connectivity index (χ1n) is 5.78. The zero-order valence-electron chi connectivity index (χ0n) is 11.1. The molecule has 1 heterocycles. The molecule has 2 aromatic rings. The molecule has 0 bridgehead atoms. The molecule has 0 fully saturated rings. The van der Waals surface area contributed by atoms with Gasteiger partial charge < -0.3 is 4.90 Å². The van der Waals surface area contributed by atoms with Crippen LogP contribution in [-0.2, 0) is 0 Å². The molecule has 0 aliphatic rings. The Hall–Kier alpha value is -2.17. The van der Waals surface area contributed by atoms with Crippen LogP contribution in [0, 0.1) is 13.8 Å². The Balaban J connectivity index is 2.19. The minimum atomic E-state index is 0.786. The van der Waals surface area contributed by atoms with Gasteiger partial charge in [0.05, 0.1) is 6.21 Å². The molecule has 0 aliphatic heterocycles. The lowest BCUT2D eigenvalue weighted by molar-refractivity contribution is 0.799. The van der Waals surface area contributed by atoms with Crippen LogP contribution in [0.1, 0.15) is 17.2 Å². The van der Waals surface area contributed by atoms with Gasteiger partial charge in [0.1, 0.15) is 0 Å². The van der Waals surface area contributed by atoms with Crippen molar-refractivity contribution in [3.8, 4) is 0 Å². The third-order valence-corrected chi connectivity index (χ3v) is 2.68. The van der Waals surface area contributed by atoms with Gasteiger partial charge in [-0.1, -0.05) is 12.1 Å². The van der Waals surface area contributed by atoms with E-state index in [1.165, 1.54) is 5.69 Å². The zero-order chi connectivity index (χ0) is 13.1. The van der Waals surface area contributed by atoms with Gasteiger partial charge in [-0.2, -0.15) is 5.10 Å². The highest BCUT2D eigenvalue weighted by Crippen LogP contribution is 2.11. The second-order valence-electron chi connectivity index (χ2n) is 4.34. The third kappa shape index (κ3) is 2.56. The molecule has 2 rings (SSSR count). The molecule has 0 radical (unpaired) electrons. The maximum atomic E-state index is 4.36. The minimum absolute atomic E-state index is 0.786. The molecule has 0 amide bonds. The summed E-state index contributed by atoms with van der Waals surface area (Å²) >= 11 is 0. The van der Waals surface area contributed by atoms with Gasteiger partial charge >= 0.3 is 0 Å². The first-order valence-corrected chi connectivity index (χ1v) is 5.78. The second-order valence-corrected chi connectivity index (χ2v) is 4.34. The molecule has 0 saturated carbocycles. The Labute approximate surface area is 107 Å². The predicted octanol–water partition coefficient (Wildman–Crippen LogP) is 1.84. The fourth-order valence-corrected chi connectivity index (χ4v) is 1.61. The van der Waals surface area contributed by atoms with Gasteiger partial charge in [-0.15, -0.1) is 10.2 Å². The summed E-state index contributed by atoms with van der Waals surface area (Å²) in [5, 5.41) is 12.3. The Morgan fingerprint density at radius 1 is 1.06 bits per heavy atom. The topological polar surface area (TPSA) is 46.3 Å². The molecular weight excluding hydrogens is 226 g/mol. The number of nitrogens with zero attached hydrogens (tertiary/aromatic N) is 5. The van der Waals surface area contributed by atoms with E-state index < -0.39 is 0 Å². The van der Waals surface area contributed by atoms with E-state index in [1.807, 2.05) is 46.3 Å². The van der Waals surface area contributed by atoms with Gasteiger partial charge in [0.15, 0.2) is 11.6 Å². The van der Waals surface area contributed by atoms with Crippen LogP contribution < -0.4 is 4.90 Å². The number of hydrogen-bond acceptors (Lipinski definition) is 4. The summed E-state index contributed by atoms with van der Waals surface area (Å²) in [5.74, 6) is 1.57. The largest absolute Gasteiger partial charge is 0.378 e. The highest BCUT2D eigenvalue weighted by atomic mass is 15.4. The van der Waals surface area contributed by atoms with Crippen LogP contribution in [-0.4, -0.2) is 35.2 Å². The van der Waals surface area contributed by atoms with E-state index in [-0.39, 0.29) is 0 Å². The summed E-state index contributed by atoms with van der Waals surface area (Å²) in [7, 11) is 4.04. The molecule has 0 spiro atoms. The van der Waals surface area contributed by atoms with Crippen LogP contribution in [0.2, 0.25) is 0 Å². The van der Waals surface area contributed by atoms with E-state index in [0.29, 0.717) is 0 Å². The van der Waals surface area contributed by atoms with Crippen molar-refractivity contribution in [1.29, 1.82) is 0 Å². The van der Waals surface area contributed by atoms with Crippen LogP contribution in [0.4, 0.5) is 5.69 Å².